The molecule has 2 aromatic rings. The van der Waals surface area contributed by atoms with E-state index < -0.39 is 17.3 Å². The predicted molar refractivity (Wildman–Crippen MR) is 192 cm³/mol. The van der Waals surface area contributed by atoms with Gasteiger partial charge in [0.25, 0.3) is 5.91 Å². The first-order chi connectivity index (χ1) is 24.4. The van der Waals surface area contributed by atoms with Gasteiger partial charge in [0.2, 0.25) is 5.91 Å². The second-order valence-electron chi connectivity index (χ2n) is 15.5. The van der Waals surface area contributed by atoms with Gasteiger partial charge in [-0.1, -0.05) is 30.3 Å². The number of benzene rings is 2. The van der Waals surface area contributed by atoms with E-state index in [1.165, 1.54) is 12.1 Å². The molecule has 3 amide bonds. The molecule has 1 aliphatic carbocycles. The molecule has 51 heavy (non-hydrogen) atoms. The number of piperazine rings is 2. The van der Waals surface area contributed by atoms with Crippen molar-refractivity contribution in [3.63, 3.8) is 0 Å². The van der Waals surface area contributed by atoms with Gasteiger partial charge in [-0.25, -0.2) is 9.18 Å². The molecular formula is C39H51FN6O5. The number of ether oxygens (including phenoxy) is 1. The van der Waals surface area contributed by atoms with E-state index in [4.69, 9.17) is 10.1 Å². The molecule has 1 N–H and O–H groups in total. The van der Waals surface area contributed by atoms with Crippen molar-refractivity contribution in [3.05, 3.63) is 70.5 Å². The molecule has 0 spiro atoms. The quantitative estimate of drug-likeness (QED) is 0.308. The van der Waals surface area contributed by atoms with E-state index in [1.54, 1.807) is 40.1 Å². The van der Waals surface area contributed by atoms with Crippen LogP contribution in [0.2, 0.25) is 0 Å². The van der Waals surface area contributed by atoms with Gasteiger partial charge in [-0.3, -0.25) is 19.3 Å². The number of halogens is 1. The van der Waals surface area contributed by atoms with Crippen molar-refractivity contribution in [2.45, 2.75) is 58.1 Å². The fourth-order valence-corrected chi connectivity index (χ4v) is 8.10. The molecule has 0 aromatic heterocycles. The first kappa shape index (κ1) is 36.6. The monoisotopic (exact) mass is 702 g/mol. The lowest BCUT2D eigenvalue weighted by molar-refractivity contribution is -0.134. The van der Waals surface area contributed by atoms with Gasteiger partial charge in [-0.2, -0.15) is 0 Å². The molecule has 7 rings (SSSR count). The first-order valence-corrected chi connectivity index (χ1v) is 18.3. The number of amides is 3. The maximum absolute atomic E-state index is 14.9. The Bertz CT molecular complexity index is 1630. The van der Waals surface area contributed by atoms with E-state index >= 15 is 0 Å². The maximum atomic E-state index is 14.9. The molecule has 5 aliphatic rings. The molecule has 3 unspecified atom stereocenters. The maximum Gasteiger partial charge on any atom is 0.410 e. The number of nitrogens with one attached hydrogen (secondary N) is 1. The number of fused-ring (bicyclic) bond motifs is 3. The fraction of sp³-hybridized carbons (Fsp3) is 0.564. The van der Waals surface area contributed by atoms with Crippen molar-refractivity contribution in [1.29, 1.82) is 5.41 Å². The molecule has 2 aromatic carbocycles. The molecular weight excluding hydrogens is 651 g/mol. The zero-order valence-corrected chi connectivity index (χ0v) is 30.1. The van der Waals surface area contributed by atoms with Gasteiger partial charge < -0.3 is 29.7 Å². The molecule has 5 fully saturated rings. The molecule has 11 nitrogen and oxygen atoms in total. The van der Waals surface area contributed by atoms with Crippen LogP contribution in [0.5, 0.6) is 0 Å². The summed E-state index contributed by atoms with van der Waals surface area (Å²) in [6.45, 7) is 12.8. The van der Waals surface area contributed by atoms with Crippen LogP contribution in [0, 0.1) is 23.1 Å². The van der Waals surface area contributed by atoms with Gasteiger partial charge in [0.1, 0.15) is 11.4 Å². The molecule has 12 heteroatoms. The van der Waals surface area contributed by atoms with Crippen molar-refractivity contribution < 1.29 is 28.3 Å². The van der Waals surface area contributed by atoms with Crippen LogP contribution >= 0.6 is 0 Å². The lowest BCUT2D eigenvalue weighted by atomic mass is 9.72. The van der Waals surface area contributed by atoms with Crippen LogP contribution < -0.4 is 0 Å². The number of rotatable bonds is 9. The summed E-state index contributed by atoms with van der Waals surface area (Å²) < 4.78 is 20.5. The number of hydrogen-bond donors (Lipinski definition) is 1. The molecule has 1 saturated carbocycles. The highest BCUT2D eigenvalue weighted by atomic mass is 19.1. The summed E-state index contributed by atoms with van der Waals surface area (Å²) in [7, 11) is 0. The summed E-state index contributed by atoms with van der Waals surface area (Å²) in [5, 5.41) is 8.50. The Balaban J connectivity index is 0.931. The van der Waals surface area contributed by atoms with Crippen LogP contribution in [0.15, 0.2) is 42.5 Å². The fourth-order valence-electron chi connectivity index (χ4n) is 8.10. The summed E-state index contributed by atoms with van der Waals surface area (Å²) >= 11 is 0. The Morgan fingerprint density at radius 2 is 1.59 bits per heavy atom. The van der Waals surface area contributed by atoms with E-state index in [1.807, 2.05) is 25.7 Å². The van der Waals surface area contributed by atoms with E-state index in [0.29, 0.717) is 67.5 Å². The minimum absolute atomic E-state index is 0.0460. The molecule has 2 bridgehead atoms. The SMILES string of the molecule is CC(C)(C)OC(=O)N1CC2CCC1CC2CN1CCN(CC(=O)N2CCN(C(=O)c3cc(CC(=N)c4ccccc4C=O)ccc3F)CC2)CC1. The van der Waals surface area contributed by atoms with E-state index in [0.717, 1.165) is 58.5 Å². The normalized spacial score (nSPS) is 22.9. The zero-order chi connectivity index (χ0) is 36.3. The number of carbonyl (C=O) groups is 4. The predicted octanol–water partition coefficient (Wildman–Crippen LogP) is 4.19. The van der Waals surface area contributed by atoms with Gasteiger partial charge in [0.15, 0.2) is 6.29 Å². The average Bonchev–Trinajstić information content (AvgIpc) is 3.12. The van der Waals surface area contributed by atoms with E-state index in [9.17, 15) is 23.6 Å². The average molecular weight is 703 g/mol. The van der Waals surface area contributed by atoms with Crippen LogP contribution in [-0.2, 0) is 16.0 Å². The van der Waals surface area contributed by atoms with Crippen molar-refractivity contribution in [2.24, 2.45) is 11.8 Å². The Kier molecular flexibility index (Phi) is 11.2. The molecule has 3 atom stereocenters. The van der Waals surface area contributed by atoms with Gasteiger partial charge in [0, 0.05) is 94.7 Å². The molecule has 4 saturated heterocycles. The summed E-state index contributed by atoms with van der Waals surface area (Å²) in [5.74, 6) is 0.0656. The van der Waals surface area contributed by atoms with Crippen LogP contribution in [0.1, 0.15) is 71.9 Å². The highest BCUT2D eigenvalue weighted by Gasteiger charge is 2.44. The van der Waals surface area contributed by atoms with Crippen molar-refractivity contribution in [1.82, 2.24) is 24.5 Å². The first-order valence-electron chi connectivity index (χ1n) is 18.3. The van der Waals surface area contributed by atoms with Crippen LogP contribution in [-0.4, -0.2) is 138 Å². The largest absolute Gasteiger partial charge is 0.444 e. The molecule has 0 radical (unpaired) electrons. The van der Waals surface area contributed by atoms with Gasteiger partial charge in [-0.05, 0) is 69.6 Å². The second kappa shape index (κ2) is 15.6. The zero-order valence-electron chi connectivity index (χ0n) is 30.1. The lowest BCUT2D eigenvalue weighted by Gasteiger charge is -2.50. The third-order valence-electron chi connectivity index (χ3n) is 10.9. The minimum atomic E-state index is -0.625. The van der Waals surface area contributed by atoms with Crippen LogP contribution in [0.4, 0.5) is 9.18 Å². The Morgan fingerprint density at radius 3 is 2.25 bits per heavy atom. The number of piperidine rings is 2. The highest BCUT2D eigenvalue weighted by Crippen LogP contribution is 2.40. The van der Waals surface area contributed by atoms with Gasteiger partial charge >= 0.3 is 6.09 Å². The Labute approximate surface area is 300 Å². The summed E-state index contributed by atoms with van der Waals surface area (Å²) in [6.07, 6.45) is 3.91. The molecule has 4 heterocycles. The van der Waals surface area contributed by atoms with Crippen LogP contribution in [0.3, 0.4) is 0 Å². The Hall–Kier alpha value is -4.16. The van der Waals surface area contributed by atoms with Crippen molar-refractivity contribution in [3.8, 4) is 0 Å². The van der Waals surface area contributed by atoms with Crippen molar-refractivity contribution >= 4 is 29.9 Å². The number of carbonyl (C=O) groups excluding carboxylic acids is 4. The summed E-state index contributed by atoms with van der Waals surface area (Å²) in [5.41, 5.74) is 1.19. The minimum Gasteiger partial charge on any atom is -0.444 e. The Morgan fingerprint density at radius 1 is 0.902 bits per heavy atom. The smallest absolute Gasteiger partial charge is 0.410 e. The van der Waals surface area contributed by atoms with Crippen LogP contribution in [0.25, 0.3) is 0 Å². The molecule has 274 valence electrons. The van der Waals surface area contributed by atoms with Gasteiger partial charge in [-0.15, -0.1) is 0 Å². The summed E-state index contributed by atoms with van der Waals surface area (Å²) in [4.78, 5) is 60.9. The second-order valence-corrected chi connectivity index (χ2v) is 15.5. The third-order valence-corrected chi connectivity index (χ3v) is 10.9. The van der Waals surface area contributed by atoms with E-state index in [-0.39, 0.29) is 35.7 Å². The number of nitrogens with zero attached hydrogens (tertiary/aromatic N) is 5. The lowest BCUT2D eigenvalue weighted by Crippen LogP contribution is -2.58. The third kappa shape index (κ3) is 8.84. The van der Waals surface area contributed by atoms with E-state index in [2.05, 4.69) is 9.80 Å². The van der Waals surface area contributed by atoms with Crippen molar-refractivity contribution in [2.75, 3.05) is 72.0 Å². The number of hydrogen-bond acceptors (Lipinski definition) is 8. The van der Waals surface area contributed by atoms with Gasteiger partial charge in [0.05, 0.1) is 12.1 Å². The number of aldehydes is 1. The standard InChI is InChI=1S/C39H51FN6O5/c1-39(2,3)51-38(50)46-24-28-9-10-31(46)22-30(28)23-42-12-14-43(15-13-42)25-36(48)44-16-18-45(19-17-44)37(49)33-20-27(8-11-34(33)40)21-35(41)32-7-5-4-6-29(32)26-47/h4-8,11,20,26,28,30-31,41H,9-10,12-19,21-25H2,1-3H3. The molecule has 4 aliphatic heterocycles. The topological polar surface area (TPSA) is 118 Å². The summed E-state index contributed by atoms with van der Waals surface area (Å²) in [6, 6.07) is 11.4. The highest BCUT2D eigenvalue weighted by molar-refractivity contribution is 6.05.